The number of nitrogens with zero attached hydrogens (tertiary/aromatic N) is 3. The van der Waals surface area contributed by atoms with Crippen LogP contribution < -0.4 is 4.90 Å². The molecule has 0 amide bonds. The average molecular weight is 221 g/mol. The van der Waals surface area contributed by atoms with Gasteiger partial charge in [0, 0.05) is 25.5 Å². The Balaban J connectivity index is 1.99. The van der Waals surface area contributed by atoms with E-state index in [0.29, 0.717) is 25.0 Å². The number of carboxylic acid groups (broad SMARTS) is 1. The maximum Gasteiger partial charge on any atom is 0.310 e. The Morgan fingerprint density at radius 1 is 1.44 bits per heavy atom. The molecular formula is C11H15N3O2. The van der Waals surface area contributed by atoms with Crippen molar-refractivity contribution in [1.82, 2.24) is 9.97 Å². The van der Waals surface area contributed by atoms with Crippen molar-refractivity contribution in [2.24, 2.45) is 5.92 Å². The van der Waals surface area contributed by atoms with Crippen molar-refractivity contribution in [2.75, 3.05) is 18.0 Å². The molecule has 5 nitrogen and oxygen atoms in total. The highest BCUT2D eigenvalue weighted by atomic mass is 16.4. The van der Waals surface area contributed by atoms with Crippen molar-refractivity contribution < 1.29 is 9.90 Å². The summed E-state index contributed by atoms with van der Waals surface area (Å²) in [6.07, 6.45) is 3.61. The zero-order chi connectivity index (χ0) is 11.7. The Hall–Kier alpha value is -1.65. The number of aliphatic carboxylic acids is 1. The van der Waals surface area contributed by atoms with E-state index in [1.165, 1.54) is 0 Å². The molecular weight excluding hydrogens is 206 g/mol. The number of hydrogen-bond donors (Lipinski definition) is 1. The van der Waals surface area contributed by atoms with Crippen LogP contribution in [0.25, 0.3) is 0 Å². The van der Waals surface area contributed by atoms with Gasteiger partial charge < -0.3 is 10.0 Å². The van der Waals surface area contributed by atoms with Gasteiger partial charge in [-0.05, 0) is 11.5 Å². The van der Waals surface area contributed by atoms with E-state index in [0.717, 1.165) is 5.56 Å². The van der Waals surface area contributed by atoms with E-state index in [4.69, 9.17) is 5.11 Å². The largest absolute Gasteiger partial charge is 0.481 e. The van der Waals surface area contributed by atoms with Gasteiger partial charge in [0.05, 0.1) is 5.92 Å². The van der Waals surface area contributed by atoms with Crippen LogP contribution in [0.4, 0.5) is 5.95 Å². The third-order valence-electron chi connectivity index (χ3n) is 2.84. The first kappa shape index (κ1) is 10.9. The zero-order valence-electron chi connectivity index (χ0n) is 9.42. The Labute approximate surface area is 94.1 Å². The SMILES string of the molecule is CC(C)c1cnc(N2CC(C(=O)O)C2)nc1. The average Bonchev–Trinajstić information content (AvgIpc) is 2.15. The topological polar surface area (TPSA) is 66.3 Å². The highest BCUT2D eigenvalue weighted by Gasteiger charge is 2.33. The van der Waals surface area contributed by atoms with Crippen molar-refractivity contribution in [3.8, 4) is 0 Å². The van der Waals surface area contributed by atoms with Gasteiger partial charge >= 0.3 is 5.97 Å². The van der Waals surface area contributed by atoms with Crippen molar-refractivity contribution >= 4 is 11.9 Å². The smallest absolute Gasteiger partial charge is 0.310 e. The van der Waals surface area contributed by atoms with E-state index >= 15 is 0 Å². The molecule has 2 heterocycles. The van der Waals surface area contributed by atoms with Crippen LogP contribution in [0.5, 0.6) is 0 Å². The highest BCUT2D eigenvalue weighted by molar-refractivity contribution is 5.73. The molecule has 1 fully saturated rings. The van der Waals surface area contributed by atoms with Crippen LogP contribution in [-0.2, 0) is 4.79 Å². The minimum absolute atomic E-state index is 0.270. The summed E-state index contributed by atoms with van der Waals surface area (Å²) in [5.74, 6) is 0.0301. The minimum Gasteiger partial charge on any atom is -0.481 e. The molecule has 16 heavy (non-hydrogen) atoms. The zero-order valence-corrected chi connectivity index (χ0v) is 9.42. The van der Waals surface area contributed by atoms with Gasteiger partial charge in [0.25, 0.3) is 0 Å². The number of rotatable bonds is 3. The van der Waals surface area contributed by atoms with Crippen LogP contribution >= 0.6 is 0 Å². The van der Waals surface area contributed by atoms with Crippen LogP contribution in [0, 0.1) is 5.92 Å². The predicted octanol–water partition coefficient (Wildman–Crippen LogP) is 1.12. The lowest BCUT2D eigenvalue weighted by Crippen LogP contribution is -2.51. The molecule has 1 N–H and O–H groups in total. The number of anilines is 1. The van der Waals surface area contributed by atoms with Crippen molar-refractivity contribution in [2.45, 2.75) is 19.8 Å². The number of aromatic nitrogens is 2. The summed E-state index contributed by atoms with van der Waals surface area (Å²) in [7, 11) is 0. The van der Waals surface area contributed by atoms with Crippen molar-refractivity contribution in [3.05, 3.63) is 18.0 Å². The second kappa shape index (κ2) is 4.08. The molecule has 0 saturated carbocycles. The summed E-state index contributed by atoms with van der Waals surface area (Å²) in [6.45, 7) is 5.19. The molecule has 0 unspecified atom stereocenters. The standard InChI is InChI=1S/C11H15N3O2/c1-7(2)8-3-12-11(13-4-8)14-5-9(6-14)10(15)16/h3-4,7,9H,5-6H2,1-2H3,(H,15,16). The molecule has 86 valence electrons. The van der Waals surface area contributed by atoms with E-state index in [9.17, 15) is 4.79 Å². The summed E-state index contributed by atoms with van der Waals surface area (Å²) in [5.41, 5.74) is 1.10. The molecule has 0 bridgehead atoms. The fourth-order valence-corrected chi connectivity index (χ4v) is 1.59. The molecule has 1 aliphatic rings. The van der Waals surface area contributed by atoms with E-state index in [1.54, 1.807) is 12.4 Å². The Bertz CT molecular complexity index is 383. The van der Waals surface area contributed by atoms with Gasteiger partial charge in [-0.25, -0.2) is 9.97 Å². The van der Waals surface area contributed by atoms with Crippen molar-refractivity contribution in [1.29, 1.82) is 0 Å². The van der Waals surface area contributed by atoms with Gasteiger partial charge in [0.2, 0.25) is 5.95 Å². The lowest BCUT2D eigenvalue weighted by Gasteiger charge is -2.36. The maximum atomic E-state index is 10.6. The van der Waals surface area contributed by atoms with Crippen LogP contribution in [0.1, 0.15) is 25.3 Å². The van der Waals surface area contributed by atoms with E-state index in [2.05, 4.69) is 23.8 Å². The monoisotopic (exact) mass is 221 g/mol. The molecule has 1 aromatic rings. The first-order valence-corrected chi connectivity index (χ1v) is 5.37. The van der Waals surface area contributed by atoms with E-state index in [-0.39, 0.29) is 5.92 Å². The number of carboxylic acids is 1. The normalized spacial score (nSPS) is 16.3. The van der Waals surface area contributed by atoms with Gasteiger partial charge in [0.1, 0.15) is 0 Å². The maximum absolute atomic E-state index is 10.6. The third-order valence-corrected chi connectivity index (χ3v) is 2.84. The molecule has 0 radical (unpaired) electrons. The third kappa shape index (κ3) is 1.98. The lowest BCUT2D eigenvalue weighted by atomic mass is 10.0. The second-order valence-corrected chi connectivity index (χ2v) is 4.41. The summed E-state index contributed by atoms with van der Waals surface area (Å²) in [6, 6.07) is 0. The fraction of sp³-hybridized carbons (Fsp3) is 0.545. The summed E-state index contributed by atoms with van der Waals surface area (Å²) in [5, 5.41) is 8.75. The second-order valence-electron chi connectivity index (χ2n) is 4.41. The molecule has 5 heteroatoms. The van der Waals surface area contributed by atoms with Crippen LogP contribution in [-0.4, -0.2) is 34.1 Å². The molecule has 0 aliphatic carbocycles. The Morgan fingerprint density at radius 3 is 2.44 bits per heavy atom. The van der Waals surface area contributed by atoms with Crippen molar-refractivity contribution in [3.63, 3.8) is 0 Å². The van der Waals surface area contributed by atoms with Crippen LogP contribution in [0.3, 0.4) is 0 Å². The minimum atomic E-state index is -0.741. The Kier molecular flexibility index (Phi) is 2.77. The van der Waals surface area contributed by atoms with E-state index in [1.807, 2.05) is 4.90 Å². The van der Waals surface area contributed by atoms with Gasteiger partial charge in [-0.2, -0.15) is 0 Å². The van der Waals surface area contributed by atoms with Gasteiger partial charge in [0.15, 0.2) is 0 Å². The summed E-state index contributed by atoms with van der Waals surface area (Å²) in [4.78, 5) is 21.0. The highest BCUT2D eigenvalue weighted by Crippen LogP contribution is 2.21. The quantitative estimate of drug-likeness (QED) is 0.828. The van der Waals surface area contributed by atoms with E-state index < -0.39 is 5.97 Å². The summed E-state index contributed by atoms with van der Waals surface area (Å²) < 4.78 is 0. The van der Waals surface area contributed by atoms with Gasteiger partial charge in [-0.1, -0.05) is 13.8 Å². The van der Waals surface area contributed by atoms with Crippen LogP contribution in [0.2, 0.25) is 0 Å². The molecule has 1 saturated heterocycles. The molecule has 2 rings (SSSR count). The molecule has 0 aromatic carbocycles. The summed E-state index contributed by atoms with van der Waals surface area (Å²) >= 11 is 0. The molecule has 1 aromatic heterocycles. The Morgan fingerprint density at radius 2 is 2.00 bits per heavy atom. The predicted molar refractivity (Wildman–Crippen MR) is 59.5 cm³/mol. The van der Waals surface area contributed by atoms with Gasteiger partial charge in [-0.3, -0.25) is 4.79 Å². The number of carbonyl (C=O) groups is 1. The number of hydrogen-bond acceptors (Lipinski definition) is 4. The molecule has 0 atom stereocenters. The first-order chi connectivity index (χ1) is 7.58. The fourth-order valence-electron chi connectivity index (χ4n) is 1.59. The van der Waals surface area contributed by atoms with Gasteiger partial charge in [-0.15, -0.1) is 0 Å². The first-order valence-electron chi connectivity index (χ1n) is 5.37. The lowest BCUT2D eigenvalue weighted by molar-refractivity contribution is -0.142. The van der Waals surface area contributed by atoms with Crippen LogP contribution in [0.15, 0.2) is 12.4 Å². The molecule has 0 spiro atoms. The molecule has 1 aliphatic heterocycles.